The zero-order valence-electron chi connectivity index (χ0n) is 15.9. The highest BCUT2D eigenvalue weighted by atomic mass is 32.2. The number of hydrogen-bond acceptors (Lipinski definition) is 4. The van der Waals surface area contributed by atoms with Gasteiger partial charge < -0.3 is 5.32 Å². The van der Waals surface area contributed by atoms with Gasteiger partial charge in [0.2, 0.25) is 5.91 Å². The van der Waals surface area contributed by atoms with Gasteiger partial charge in [-0.3, -0.25) is 14.2 Å². The smallest absolute Gasteiger partial charge is 0.254 e. The van der Waals surface area contributed by atoms with E-state index in [1.807, 2.05) is 52.8 Å². The second-order valence-corrected chi connectivity index (χ2v) is 8.90. The van der Waals surface area contributed by atoms with Crippen molar-refractivity contribution in [2.24, 2.45) is 0 Å². The summed E-state index contributed by atoms with van der Waals surface area (Å²) in [5, 5.41) is 3.68. The van der Waals surface area contributed by atoms with Gasteiger partial charge in [-0.15, -0.1) is 0 Å². The van der Waals surface area contributed by atoms with Gasteiger partial charge in [0.1, 0.15) is 0 Å². The van der Waals surface area contributed by atoms with Gasteiger partial charge >= 0.3 is 0 Å². The summed E-state index contributed by atoms with van der Waals surface area (Å²) in [4.78, 5) is 29.7. The van der Waals surface area contributed by atoms with Crippen LogP contribution >= 0.6 is 11.8 Å². The Morgan fingerprint density at radius 3 is 2.69 bits per heavy atom. The first-order valence-electron chi connectivity index (χ1n) is 8.79. The summed E-state index contributed by atoms with van der Waals surface area (Å²) in [6.07, 6.45) is 0.268. The minimum absolute atomic E-state index is 0.0748. The summed E-state index contributed by atoms with van der Waals surface area (Å²) in [5.74, 6) is 0.609. The largest absolute Gasteiger partial charge is 0.326 e. The first-order valence-corrected chi connectivity index (χ1v) is 9.77. The molecule has 1 aromatic carbocycles. The van der Waals surface area contributed by atoms with Crippen molar-refractivity contribution in [3.63, 3.8) is 0 Å². The zero-order chi connectivity index (χ0) is 19.1. The monoisotopic (exact) mass is 371 g/mol. The van der Waals surface area contributed by atoms with Crippen LogP contribution in [0.25, 0.3) is 0 Å². The van der Waals surface area contributed by atoms with Crippen molar-refractivity contribution < 1.29 is 4.79 Å². The lowest BCUT2D eigenvalue weighted by Crippen LogP contribution is -2.29. The van der Waals surface area contributed by atoms with Crippen LogP contribution in [0.3, 0.4) is 0 Å². The number of thioether (sulfide) groups is 1. The van der Waals surface area contributed by atoms with E-state index in [1.165, 1.54) is 0 Å². The summed E-state index contributed by atoms with van der Waals surface area (Å²) < 4.78 is 1.67. The van der Waals surface area contributed by atoms with Crippen LogP contribution in [0.5, 0.6) is 0 Å². The standard InChI is InChI=1S/C20H25N3O2S/c1-12-6-7-15(13(2)8-12)21-17(24)9-14-11-26-19-22-16(20(3,4)5)10-18(25)23(14)19/h6-8,10,14H,9,11H2,1-5H3,(H,21,24). The molecule has 1 aliphatic heterocycles. The van der Waals surface area contributed by atoms with E-state index in [0.29, 0.717) is 10.9 Å². The Bertz CT molecular complexity index is 912. The maximum atomic E-state index is 12.6. The predicted octanol–water partition coefficient (Wildman–Crippen LogP) is 3.83. The Morgan fingerprint density at radius 2 is 2.04 bits per heavy atom. The van der Waals surface area contributed by atoms with Crippen LogP contribution in [0.1, 0.15) is 50.1 Å². The average molecular weight is 372 g/mol. The van der Waals surface area contributed by atoms with Crippen LogP contribution in [-0.4, -0.2) is 21.2 Å². The van der Waals surface area contributed by atoms with Crippen molar-refractivity contribution in [2.75, 3.05) is 11.1 Å². The van der Waals surface area contributed by atoms with Crippen molar-refractivity contribution in [1.82, 2.24) is 9.55 Å². The summed E-state index contributed by atoms with van der Waals surface area (Å²) in [6, 6.07) is 7.38. The fourth-order valence-corrected chi connectivity index (χ4v) is 4.21. The number of nitrogens with zero attached hydrogens (tertiary/aromatic N) is 2. The second kappa shape index (κ2) is 6.91. The molecule has 0 saturated carbocycles. The molecule has 2 heterocycles. The van der Waals surface area contributed by atoms with Gasteiger partial charge in [-0.1, -0.05) is 50.2 Å². The van der Waals surface area contributed by atoms with Crippen LogP contribution in [0.2, 0.25) is 0 Å². The fraction of sp³-hybridized carbons (Fsp3) is 0.450. The fourth-order valence-electron chi connectivity index (χ4n) is 3.06. The highest BCUT2D eigenvalue weighted by Gasteiger charge is 2.29. The molecule has 0 spiro atoms. The first kappa shape index (κ1) is 18.7. The van der Waals surface area contributed by atoms with Gasteiger partial charge in [0.25, 0.3) is 5.56 Å². The Balaban J connectivity index is 1.77. The molecule has 6 heteroatoms. The van der Waals surface area contributed by atoms with Crippen molar-refractivity contribution >= 4 is 23.4 Å². The molecule has 1 N–H and O–H groups in total. The minimum atomic E-state index is -0.173. The number of carbonyl (C=O) groups is 1. The van der Waals surface area contributed by atoms with Crippen LogP contribution < -0.4 is 10.9 Å². The first-order chi connectivity index (χ1) is 12.1. The van der Waals surface area contributed by atoms with Gasteiger partial charge in [0.05, 0.1) is 11.7 Å². The van der Waals surface area contributed by atoms with Crippen molar-refractivity contribution in [1.29, 1.82) is 0 Å². The molecule has 3 rings (SSSR count). The van der Waals surface area contributed by atoms with Crippen LogP contribution in [0, 0.1) is 13.8 Å². The normalized spacial score (nSPS) is 16.4. The molecule has 26 heavy (non-hydrogen) atoms. The molecule has 1 aliphatic rings. The van der Waals surface area contributed by atoms with Crippen molar-refractivity contribution in [3.05, 3.63) is 51.4 Å². The van der Waals surface area contributed by atoms with E-state index < -0.39 is 0 Å². The van der Waals surface area contributed by atoms with Crippen LogP contribution in [0.15, 0.2) is 34.2 Å². The minimum Gasteiger partial charge on any atom is -0.326 e. The Hall–Kier alpha value is -2.08. The zero-order valence-corrected chi connectivity index (χ0v) is 16.7. The van der Waals surface area contributed by atoms with Gasteiger partial charge in [0, 0.05) is 29.3 Å². The molecule has 0 fully saturated rings. The van der Waals surface area contributed by atoms with E-state index in [-0.39, 0.29) is 29.3 Å². The third-order valence-corrected chi connectivity index (χ3v) is 5.63. The van der Waals surface area contributed by atoms with Gasteiger partial charge in [0.15, 0.2) is 5.16 Å². The topological polar surface area (TPSA) is 64.0 Å². The van der Waals surface area contributed by atoms with E-state index in [0.717, 1.165) is 22.5 Å². The van der Waals surface area contributed by atoms with E-state index in [4.69, 9.17) is 0 Å². The number of aryl methyl sites for hydroxylation is 2. The number of nitrogens with one attached hydrogen (secondary N) is 1. The lowest BCUT2D eigenvalue weighted by atomic mass is 9.92. The number of amides is 1. The highest BCUT2D eigenvalue weighted by Crippen LogP contribution is 2.33. The number of hydrogen-bond donors (Lipinski definition) is 1. The Labute approximate surface area is 158 Å². The molecule has 1 aromatic heterocycles. The molecule has 1 unspecified atom stereocenters. The van der Waals surface area contributed by atoms with Crippen molar-refractivity contribution in [3.8, 4) is 0 Å². The molecule has 1 atom stereocenters. The van der Waals surface area contributed by atoms with E-state index in [2.05, 4.69) is 10.3 Å². The van der Waals surface area contributed by atoms with E-state index in [9.17, 15) is 9.59 Å². The molecule has 0 saturated heterocycles. The average Bonchev–Trinajstić information content (AvgIpc) is 2.92. The number of rotatable bonds is 3. The molecule has 2 aromatic rings. The molecule has 0 bridgehead atoms. The van der Waals surface area contributed by atoms with Crippen LogP contribution in [-0.2, 0) is 10.2 Å². The molecule has 138 valence electrons. The number of benzene rings is 1. The number of anilines is 1. The van der Waals surface area contributed by atoms with Gasteiger partial charge in [-0.25, -0.2) is 4.98 Å². The molecular weight excluding hydrogens is 346 g/mol. The van der Waals surface area contributed by atoms with Crippen molar-refractivity contribution in [2.45, 2.75) is 57.7 Å². The summed E-state index contributed by atoms with van der Waals surface area (Å²) >= 11 is 1.55. The maximum Gasteiger partial charge on any atom is 0.254 e. The lowest BCUT2D eigenvalue weighted by molar-refractivity contribution is -0.116. The highest BCUT2D eigenvalue weighted by molar-refractivity contribution is 7.99. The lowest BCUT2D eigenvalue weighted by Gasteiger charge is -2.19. The summed E-state index contributed by atoms with van der Waals surface area (Å²) in [6.45, 7) is 10.1. The third kappa shape index (κ3) is 3.85. The molecule has 5 nitrogen and oxygen atoms in total. The molecule has 0 aliphatic carbocycles. The van der Waals surface area contributed by atoms with E-state index >= 15 is 0 Å². The Morgan fingerprint density at radius 1 is 1.31 bits per heavy atom. The number of fused-ring (bicyclic) bond motifs is 1. The van der Waals surface area contributed by atoms with Gasteiger partial charge in [-0.05, 0) is 25.5 Å². The van der Waals surface area contributed by atoms with Crippen LogP contribution in [0.4, 0.5) is 5.69 Å². The third-order valence-electron chi connectivity index (χ3n) is 4.54. The SMILES string of the molecule is Cc1ccc(NC(=O)CC2CSc3nc(C(C)(C)C)cc(=O)n32)c(C)c1. The molecule has 0 radical (unpaired) electrons. The Kier molecular flexibility index (Phi) is 4.97. The summed E-state index contributed by atoms with van der Waals surface area (Å²) in [5.41, 5.74) is 3.56. The molecule has 1 amide bonds. The van der Waals surface area contributed by atoms with Gasteiger partial charge in [-0.2, -0.15) is 0 Å². The van der Waals surface area contributed by atoms with E-state index in [1.54, 1.807) is 22.4 Å². The molecular formula is C20H25N3O2S. The second-order valence-electron chi connectivity index (χ2n) is 7.92. The predicted molar refractivity (Wildman–Crippen MR) is 106 cm³/mol. The number of aromatic nitrogens is 2. The quantitative estimate of drug-likeness (QED) is 0.833. The summed E-state index contributed by atoms with van der Waals surface area (Å²) in [7, 11) is 0. The number of carbonyl (C=O) groups excluding carboxylic acids is 1. The maximum absolute atomic E-state index is 12.6.